The van der Waals surface area contributed by atoms with Gasteiger partial charge in [0.2, 0.25) is 5.91 Å². The number of ether oxygens (including phenoxy) is 1. The lowest BCUT2D eigenvalue weighted by atomic mass is 10.1. The summed E-state index contributed by atoms with van der Waals surface area (Å²) >= 11 is 0. The molecule has 1 aliphatic carbocycles. The van der Waals surface area contributed by atoms with Crippen LogP contribution < -0.4 is 4.74 Å². The van der Waals surface area contributed by atoms with E-state index in [4.69, 9.17) is 4.74 Å². The summed E-state index contributed by atoms with van der Waals surface area (Å²) in [6.07, 6.45) is 4.39. The smallest absolute Gasteiger partial charge is 0.227 e. The Morgan fingerprint density at radius 2 is 2.00 bits per heavy atom. The van der Waals surface area contributed by atoms with Gasteiger partial charge in [0.1, 0.15) is 12.4 Å². The average molecular weight is 321 g/mol. The van der Waals surface area contributed by atoms with Gasteiger partial charge in [-0.3, -0.25) is 4.79 Å². The molecule has 2 aromatic carbocycles. The second-order valence-electron chi connectivity index (χ2n) is 6.26. The van der Waals surface area contributed by atoms with Gasteiger partial charge in [0.25, 0.3) is 0 Å². The van der Waals surface area contributed by atoms with Gasteiger partial charge in [-0.15, -0.1) is 0 Å². The molecule has 2 aromatic rings. The van der Waals surface area contributed by atoms with E-state index in [1.54, 1.807) is 6.08 Å². The third-order valence-corrected chi connectivity index (χ3v) is 4.39. The third kappa shape index (κ3) is 4.05. The zero-order valence-corrected chi connectivity index (χ0v) is 14.1. The highest BCUT2D eigenvalue weighted by Gasteiger charge is 2.29. The Hall–Kier alpha value is -2.55. The first-order valence-corrected chi connectivity index (χ1v) is 8.35. The van der Waals surface area contributed by atoms with Crippen LogP contribution in [0, 0.1) is 0 Å². The molecular weight excluding hydrogens is 298 g/mol. The quantitative estimate of drug-likeness (QED) is 0.769. The van der Waals surface area contributed by atoms with E-state index in [1.807, 2.05) is 60.5 Å². The molecule has 24 heavy (non-hydrogen) atoms. The van der Waals surface area contributed by atoms with Crippen molar-refractivity contribution in [1.29, 1.82) is 0 Å². The SMILES string of the molecule is C=Cc1ccc(OCc2ccccc2)c(CC(=O)N(C)C2CC2)c1. The van der Waals surface area contributed by atoms with E-state index in [0.29, 0.717) is 19.1 Å². The number of amides is 1. The maximum absolute atomic E-state index is 12.5. The number of carbonyl (C=O) groups is 1. The summed E-state index contributed by atoms with van der Waals surface area (Å²) in [6, 6.07) is 16.3. The molecule has 0 bridgehead atoms. The lowest BCUT2D eigenvalue weighted by molar-refractivity contribution is -0.129. The molecule has 0 unspecified atom stereocenters. The minimum absolute atomic E-state index is 0.142. The molecule has 0 heterocycles. The fourth-order valence-electron chi connectivity index (χ4n) is 2.69. The minimum atomic E-state index is 0.142. The van der Waals surface area contributed by atoms with Gasteiger partial charge in [0.15, 0.2) is 0 Å². The first kappa shape index (κ1) is 16.3. The zero-order valence-electron chi connectivity index (χ0n) is 14.1. The van der Waals surface area contributed by atoms with Gasteiger partial charge in [0.05, 0.1) is 6.42 Å². The summed E-state index contributed by atoms with van der Waals surface area (Å²) in [4.78, 5) is 14.3. The van der Waals surface area contributed by atoms with Crippen LogP contribution >= 0.6 is 0 Å². The molecule has 0 aliphatic heterocycles. The molecule has 1 amide bonds. The fourth-order valence-corrected chi connectivity index (χ4v) is 2.69. The lowest BCUT2D eigenvalue weighted by Gasteiger charge is -2.18. The van der Waals surface area contributed by atoms with E-state index in [-0.39, 0.29) is 5.91 Å². The number of rotatable bonds is 7. The highest BCUT2D eigenvalue weighted by atomic mass is 16.5. The van der Waals surface area contributed by atoms with Crippen LogP contribution in [0.15, 0.2) is 55.1 Å². The molecule has 0 aromatic heterocycles. The minimum Gasteiger partial charge on any atom is -0.489 e. The monoisotopic (exact) mass is 321 g/mol. The Labute approximate surface area is 143 Å². The molecule has 0 saturated heterocycles. The van der Waals surface area contributed by atoms with Crippen LogP contribution in [-0.4, -0.2) is 23.9 Å². The molecule has 1 aliphatic rings. The van der Waals surface area contributed by atoms with Crippen LogP contribution in [0.1, 0.15) is 29.5 Å². The molecule has 0 spiro atoms. The molecule has 3 heteroatoms. The van der Waals surface area contributed by atoms with Crippen molar-refractivity contribution in [2.75, 3.05) is 7.05 Å². The van der Waals surface area contributed by atoms with Gasteiger partial charge < -0.3 is 9.64 Å². The van der Waals surface area contributed by atoms with Crippen LogP contribution in [0.2, 0.25) is 0 Å². The van der Waals surface area contributed by atoms with E-state index in [2.05, 4.69) is 6.58 Å². The normalized spacial score (nSPS) is 13.4. The van der Waals surface area contributed by atoms with Gasteiger partial charge in [-0.25, -0.2) is 0 Å². The predicted molar refractivity (Wildman–Crippen MR) is 96.8 cm³/mol. The standard InChI is InChI=1S/C21H23NO2/c1-3-16-9-12-20(24-15-17-7-5-4-6-8-17)18(13-16)14-21(23)22(2)19-10-11-19/h3-9,12-13,19H,1,10-11,14-15H2,2H3. The van der Waals surface area contributed by atoms with Crippen molar-refractivity contribution in [3.63, 3.8) is 0 Å². The maximum Gasteiger partial charge on any atom is 0.227 e. The van der Waals surface area contributed by atoms with E-state index in [1.165, 1.54) is 0 Å². The number of carbonyl (C=O) groups excluding carboxylic acids is 1. The average Bonchev–Trinajstić information content (AvgIpc) is 3.45. The highest BCUT2D eigenvalue weighted by Crippen LogP contribution is 2.28. The van der Waals surface area contributed by atoms with Crippen molar-refractivity contribution in [2.24, 2.45) is 0 Å². The van der Waals surface area contributed by atoms with Crippen LogP contribution in [-0.2, 0) is 17.8 Å². The largest absolute Gasteiger partial charge is 0.489 e. The lowest BCUT2D eigenvalue weighted by Crippen LogP contribution is -2.30. The topological polar surface area (TPSA) is 29.5 Å². The van der Waals surface area contributed by atoms with Crippen molar-refractivity contribution >= 4 is 12.0 Å². The summed E-state index contributed by atoms with van der Waals surface area (Å²) in [7, 11) is 1.89. The summed E-state index contributed by atoms with van der Waals surface area (Å²) in [6.45, 7) is 4.31. The Morgan fingerprint density at radius 3 is 2.67 bits per heavy atom. The van der Waals surface area contributed by atoms with E-state index in [9.17, 15) is 4.79 Å². The Bertz CT molecular complexity index is 720. The van der Waals surface area contributed by atoms with Crippen molar-refractivity contribution in [1.82, 2.24) is 4.90 Å². The summed E-state index contributed by atoms with van der Waals surface area (Å²) in [5.41, 5.74) is 3.03. The maximum atomic E-state index is 12.5. The van der Waals surface area contributed by atoms with Gasteiger partial charge in [-0.05, 0) is 36.1 Å². The zero-order chi connectivity index (χ0) is 16.9. The first-order valence-electron chi connectivity index (χ1n) is 8.35. The summed E-state index contributed by atoms with van der Waals surface area (Å²) in [5.74, 6) is 0.908. The van der Waals surface area contributed by atoms with Crippen molar-refractivity contribution in [3.05, 3.63) is 71.8 Å². The molecule has 0 atom stereocenters. The number of hydrogen-bond acceptors (Lipinski definition) is 2. The number of hydrogen-bond donors (Lipinski definition) is 0. The molecule has 0 radical (unpaired) electrons. The van der Waals surface area contributed by atoms with Gasteiger partial charge in [-0.2, -0.15) is 0 Å². The third-order valence-electron chi connectivity index (χ3n) is 4.39. The Balaban J connectivity index is 1.74. The highest BCUT2D eigenvalue weighted by molar-refractivity contribution is 5.80. The molecular formula is C21H23NO2. The molecule has 3 nitrogen and oxygen atoms in total. The van der Waals surface area contributed by atoms with Crippen molar-refractivity contribution in [2.45, 2.75) is 31.9 Å². The van der Waals surface area contributed by atoms with E-state index in [0.717, 1.165) is 35.3 Å². The van der Waals surface area contributed by atoms with E-state index < -0.39 is 0 Å². The number of likely N-dealkylation sites (N-methyl/N-ethyl adjacent to an activating group) is 1. The first-order chi connectivity index (χ1) is 11.7. The predicted octanol–water partition coefficient (Wildman–Crippen LogP) is 4.07. The Kier molecular flexibility index (Phi) is 4.99. The summed E-state index contributed by atoms with van der Waals surface area (Å²) < 4.78 is 5.97. The molecule has 0 N–H and O–H groups in total. The van der Waals surface area contributed by atoms with Crippen molar-refractivity contribution < 1.29 is 9.53 Å². The van der Waals surface area contributed by atoms with E-state index >= 15 is 0 Å². The molecule has 1 saturated carbocycles. The number of nitrogens with zero attached hydrogens (tertiary/aromatic N) is 1. The van der Waals surface area contributed by atoms with Gasteiger partial charge >= 0.3 is 0 Å². The Morgan fingerprint density at radius 1 is 1.25 bits per heavy atom. The fraction of sp³-hybridized carbons (Fsp3) is 0.286. The van der Waals surface area contributed by atoms with Crippen LogP contribution in [0.3, 0.4) is 0 Å². The molecule has 1 fully saturated rings. The number of benzene rings is 2. The van der Waals surface area contributed by atoms with Crippen LogP contribution in [0.5, 0.6) is 5.75 Å². The van der Waals surface area contributed by atoms with Crippen LogP contribution in [0.25, 0.3) is 6.08 Å². The second kappa shape index (κ2) is 7.35. The molecule has 3 rings (SSSR count). The van der Waals surface area contributed by atoms with Gasteiger partial charge in [-0.1, -0.05) is 49.1 Å². The second-order valence-corrected chi connectivity index (χ2v) is 6.26. The van der Waals surface area contributed by atoms with Crippen molar-refractivity contribution in [3.8, 4) is 5.75 Å². The van der Waals surface area contributed by atoms with Gasteiger partial charge in [0, 0.05) is 18.7 Å². The van der Waals surface area contributed by atoms with Crippen LogP contribution in [0.4, 0.5) is 0 Å². The summed E-state index contributed by atoms with van der Waals surface area (Å²) in [5, 5.41) is 0. The molecule has 124 valence electrons.